The van der Waals surface area contributed by atoms with Crippen LogP contribution in [0, 0.1) is 0 Å². The Morgan fingerprint density at radius 2 is 0.854 bits per heavy atom. The summed E-state index contributed by atoms with van der Waals surface area (Å²) in [6.07, 6.45) is -0.258. The highest BCUT2D eigenvalue weighted by molar-refractivity contribution is 6.18. The van der Waals surface area contributed by atoms with E-state index in [1.54, 1.807) is 0 Å². The standard InChI is InChI=1S/C45H32N2O/c1-4-12-31(13-5-1)33-20-24-36(25-21-33)47(37-26-22-34(23-27-37)32-14-6-2-7-15-32)38-28-29-40-39-18-10-11-19-41(39)44-43(42(40)30-38)46-45(48-44)35-16-8-3-9-17-35/h1-30,45-46H. The minimum atomic E-state index is -0.258. The van der Waals surface area contributed by atoms with Crippen molar-refractivity contribution in [2.45, 2.75) is 6.23 Å². The molecule has 0 radical (unpaired) electrons. The number of rotatable bonds is 6. The van der Waals surface area contributed by atoms with Gasteiger partial charge in [-0.05, 0) is 69.4 Å². The van der Waals surface area contributed by atoms with E-state index in [9.17, 15) is 0 Å². The molecule has 1 aliphatic rings. The van der Waals surface area contributed by atoms with Gasteiger partial charge in [0.15, 0.2) is 12.0 Å². The van der Waals surface area contributed by atoms with E-state index in [1.165, 1.54) is 33.0 Å². The van der Waals surface area contributed by atoms with Crippen molar-refractivity contribution in [1.29, 1.82) is 0 Å². The molecule has 228 valence electrons. The zero-order chi connectivity index (χ0) is 31.9. The van der Waals surface area contributed by atoms with Crippen molar-refractivity contribution in [2.75, 3.05) is 10.2 Å². The summed E-state index contributed by atoms with van der Waals surface area (Å²) >= 11 is 0. The Balaban J connectivity index is 1.20. The maximum absolute atomic E-state index is 6.67. The fourth-order valence-corrected chi connectivity index (χ4v) is 6.92. The van der Waals surface area contributed by atoms with Crippen LogP contribution in [0.2, 0.25) is 0 Å². The minimum absolute atomic E-state index is 0.258. The van der Waals surface area contributed by atoms with Crippen LogP contribution in [0.3, 0.4) is 0 Å². The zero-order valence-electron chi connectivity index (χ0n) is 26.3. The van der Waals surface area contributed by atoms with Gasteiger partial charge in [-0.15, -0.1) is 0 Å². The van der Waals surface area contributed by atoms with Crippen LogP contribution in [0.1, 0.15) is 11.8 Å². The van der Waals surface area contributed by atoms with E-state index in [-0.39, 0.29) is 6.23 Å². The van der Waals surface area contributed by atoms with E-state index in [0.29, 0.717) is 0 Å². The Morgan fingerprint density at radius 1 is 0.396 bits per heavy atom. The van der Waals surface area contributed by atoms with E-state index in [2.05, 4.69) is 186 Å². The molecule has 9 rings (SSSR count). The van der Waals surface area contributed by atoms with E-state index < -0.39 is 0 Å². The summed E-state index contributed by atoms with van der Waals surface area (Å²) in [5.74, 6) is 0.898. The third kappa shape index (κ3) is 4.94. The van der Waals surface area contributed by atoms with Crippen molar-refractivity contribution >= 4 is 44.3 Å². The largest absolute Gasteiger partial charge is 0.464 e. The number of nitrogens with one attached hydrogen (secondary N) is 1. The van der Waals surface area contributed by atoms with Gasteiger partial charge in [0.1, 0.15) is 0 Å². The highest BCUT2D eigenvalue weighted by Gasteiger charge is 2.28. The molecule has 0 saturated carbocycles. The van der Waals surface area contributed by atoms with Gasteiger partial charge < -0.3 is 15.0 Å². The quantitative estimate of drug-likeness (QED) is 0.188. The van der Waals surface area contributed by atoms with Crippen molar-refractivity contribution < 1.29 is 4.74 Å². The fraction of sp³-hybridized carbons (Fsp3) is 0.0222. The molecule has 0 aliphatic carbocycles. The molecule has 8 aromatic carbocycles. The topological polar surface area (TPSA) is 24.5 Å². The van der Waals surface area contributed by atoms with Gasteiger partial charge in [-0.25, -0.2) is 0 Å². The number of hydrogen-bond acceptors (Lipinski definition) is 3. The Labute approximate surface area is 280 Å². The predicted molar refractivity (Wildman–Crippen MR) is 200 cm³/mol. The average Bonchev–Trinajstić information content (AvgIpc) is 3.63. The summed E-state index contributed by atoms with van der Waals surface area (Å²) in [6, 6.07) is 64.5. The first-order valence-electron chi connectivity index (χ1n) is 16.4. The molecule has 0 spiro atoms. The SMILES string of the molecule is c1ccc(-c2ccc(N(c3ccc(-c4ccccc4)cc3)c3ccc4c(c3)c3c(c5ccccc54)OC(c4ccccc4)N3)cc2)cc1. The van der Waals surface area contributed by atoms with Crippen molar-refractivity contribution in [1.82, 2.24) is 0 Å². The molecule has 1 atom stereocenters. The summed E-state index contributed by atoms with van der Waals surface area (Å²) in [5, 5.41) is 8.36. The number of anilines is 4. The lowest BCUT2D eigenvalue weighted by Crippen LogP contribution is -2.10. The first-order chi connectivity index (χ1) is 23.8. The number of ether oxygens (including phenoxy) is 1. The smallest absolute Gasteiger partial charge is 0.196 e. The summed E-state index contributed by atoms with van der Waals surface area (Å²) in [7, 11) is 0. The Hall–Kier alpha value is -6.32. The Morgan fingerprint density at radius 3 is 1.44 bits per heavy atom. The summed E-state index contributed by atoms with van der Waals surface area (Å²) in [5.41, 5.74) is 10.2. The maximum Gasteiger partial charge on any atom is 0.196 e. The Kier molecular flexibility index (Phi) is 6.87. The number of fused-ring (bicyclic) bond motifs is 6. The summed E-state index contributed by atoms with van der Waals surface area (Å²) < 4.78 is 6.67. The van der Waals surface area contributed by atoms with Crippen molar-refractivity contribution in [3.63, 3.8) is 0 Å². The third-order valence-electron chi connectivity index (χ3n) is 9.30. The minimum Gasteiger partial charge on any atom is -0.464 e. The second-order valence-electron chi connectivity index (χ2n) is 12.2. The van der Waals surface area contributed by atoms with Gasteiger partial charge >= 0.3 is 0 Å². The van der Waals surface area contributed by atoms with Crippen LogP contribution in [0.5, 0.6) is 5.75 Å². The van der Waals surface area contributed by atoms with E-state index in [4.69, 9.17) is 4.74 Å². The monoisotopic (exact) mass is 616 g/mol. The molecule has 0 aromatic heterocycles. The lowest BCUT2D eigenvalue weighted by atomic mass is 9.98. The van der Waals surface area contributed by atoms with Gasteiger partial charge in [-0.2, -0.15) is 0 Å². The molecule has 3 nitrogen and oxygen atoms in total. The lowest BCUT2D eigenvalue weighted by molar-refractivity contribution is 0.262. The third-order valence-corrected chi connectivity index (χ3v) is 9.30. The predicted octanol–water partition coefficient (Wildman–Crippen LogP) is 12.3. The molecule has 1 unspecified atom stereocenters. The van der Waals surface area contributed by atoms with Gasteiger partial charge in [0.05, 0.1) is 5.69 Å². The highest BCUT2D eigenvalue weighted by atomic mass is 16.5. The van der Waals surface area contributed by atoms with Gasteiger partial charge in [-0.3, -0.25) is 0 Å². The molecular weight excluding hydrogens is 585 g/mol. The molecule has 1 aliphatic heterocycles. The molecular formula is C45H32N2O. The molecule has 0 fully saturated rings. The van der Waals surface area contributed by atoms with Gasteiger partial charge in [0.2, 0.25) is 0 Å². The molecule has 1 N–H and O–H groups in total. The molecule has 8 aromatic rings. The first kappa shape index (κ1) is 27.9. The van der Waals surface area contributed by atoms with Crippen LogP contribution in [0.15, 0.2) is 182 Å². The lowest BCUT2D eigenvalue weighted by Gasteiger charge is -2.26. The van der Waals surface area contributed by atoms with E-state index in [0.717, 1.165) is 44.8 Å². The maximum atomic E-state index is 6.67. The van der Waals surface area contributed by atoms with Crippen LogP contribution in [0.4, 0.5) is 22.7 Å². The second-order valence-corrected chi connectivity index (χ2v) is 12.2. The second kappa shape index (κ2) is 11.8. The van der Waals surface area contributed by atoms with Crippen LogP contribution >= 0.6 is 0 Å². The fourth-order valence-electron chi connectivity index (χ4n) is 6.92. The number of hydrogen-bond donors (Lipinski definition) is 1. The van der Waals surface area contributed by atoms with Gasteiger partial charge in [0.25, 0.3) is 0 Å². The van der Waals surface area contributed by atoms with Crippen LogP contribution < -0.4 is 15.0 Å². The van der Waals surface area contributed by atoms with E-state index in [1.807, 2.05) is 6.07 Å². The van der Waals surface area contributed by atoms with Crippen molar-refractivity contribution in [2.24, 2.45) is 0 Å². The molecule has 0 bridgehead atoms. The first-order valence-corrected chi connectivity index (χ1v) is 16.4. The average molecular weight is 617 g/mol. The van der Waals surface area contributed by atoms with Gasteiger partial charge in [-0.1, -0.05) is 146 Å². The van der Waals surface area contributed by atoms with Gasteiger partial charge in [0, 0.05) is 33.4 Å². The van der Waals surface area contributed by atoms with Crippen molar-refractivity contribution in [3.05, 3.63) is 188 Å². The molecule has 0 saturated heterocycles. The molecule has 0 amide bonds. The number of nitrogens with zero attached hydrogens (tertiary/aromatic N) is 1. The van der Waals surface area contributed by atoms with E-state index >= 15 is 0 Å². The summed E-state index contributed by atoms with van der Waals surface area (Å²) in [4.78, 5) is 2.34. The molecule has 1 heterocycles. The summed E-state index contributed by atoms with van der Waals surface area (Å²) in [6.45, 7) is 0. The molecule has 3 heteroatoms. The zero-order valence-corrected chi connectivity index (χ0v) is 26.3. The Bertz CT molecular complexity index is 2290. The van der Waals surface area contributed by atoms with Crippen molar-refractivity contribution in [3.8, 4) is 28.0 Å². The highest BCUT2D eigenvalue weighted by Crippen LogP contribution is 2.50. The van der Waals surface area contributed by atoms with Crippen LogP contribution in [-0.2, 0) is 0 Å². The van der Waals surface area contributed by atoms with Crippen LogP contribution in [0.25, 0.3) is 43.8 Å². The molecule has 48 heavy (non-hydrogen) atoms. The van der Waals surface area contributed by atoms with Crippen LogP contribution in [-0.4, -0.2) is 0 Å². The number of benzene rings is 8. The normalized spacial score (nSPS) is 13.5.